The fourth-order valence-electron chi connectivity index (χ4n) is 1.33. The number of halogens is 1. The third kappa shape index (κ3) is 2.09. The number of nitrogens with zero attached hydrogens (tertiary/aromatic N) is 2. The van der Waals surface area contributed by atoms with Crippen LogP contribution in [0.15, 0.2) is 29.1 Å². The van der Waals surface area contributed by atoms with E-state index in [0.29, 0.717) is 12.1 Å². The molecule has 0 aliphatic carbocycles. The average molecular weight is 240 g/mol. The molecule has 16 heavy (non-hydrogen) atoms. The van der Waals surface area contributed by atoms with Crippen LogP contribution in [0.5, 0.6) is 0 Å². The predicted octanol–water partition coefficient (Wildman–Crippen LogP) is 1.93. The van der Waals surface area contributed by atoms with Gasteiger partial charge in [-0.15, -0.1) is 0 Å². The van der Waals surface area contributed by atoms with Gasteiger partial charge in [0.05, 0.1) is 18.4 Å². The first-order valence-corrected chi connectivity index (χ1v) is 5.03. The summed E-state index contributed by atoms with van der Waals surface area (Å²) in [6.07, 6.45) is 4.73. The summed E-state index contributed by atoms with van der Waals surface area (Å²) in [7, 11) is 1.67. The van der Waals surface area contributed by atoms with E-state index < -0.39 is 0 Å². The predicted molar refractivity (Wildman–Crippen MR) is 58.1 cm³/mol. The minimum Gasteiger partial charge on any atom is -0.452 e. The van der Waals surface area contributed by atoms with Crippen molar-refractivity contribution in [1.82, 2.24) is 14.9 Å². The van der Waals surface area contributed by atoms with Gasteiger partial charge in [-0.25, -0.2) is 4.98 Å². The number of furan rings is 1. The highest BCUT2D eigenvalue weighted by atomic mass is 35.5. The van der Waals surface area contributed by atoms with Crippen molar-refractivity contribution >= 4 is 17.5 Å². The molecule has 0 unspecified atom stereocenters. The summed E-state index contributed by atoms with van der Waals surface area (Å²) in [6.45, 7) is 0.396. The fourth-order valence-corrected chi connectivity index (χ4v) is 1.53. The lowest BCUT2D eigenvalue weighted by atomic mass is 10.3. The van der Waals surface area contributed by atoms with Crippen LogP contribution in [0.1, 0.15) is 16.2 Å². The van der Waals surface area contributed by atoms with Gasteiger partial charge in [0, 0.05) is 19.4 Å². The summed E-state index contributed by atoms with van der Waals surface area (Å²) in [4.78, 5) is 20.4. The first-order chi connectivity index (χ1) is 7.68. The third-order valence-electron chi connectivity index (χ3n) is 2.14. The molecule has 0 atom stereocenters. The molecule has 2 rings (SSSR count). The van der Waals surface area contributed by atoms with Crippen LogP contribution in [0, 0.1) is 0 Å². The average Bonchev–Trinajstić information content (AvgIpc) is 2.88. The Labute approximate surface area is 97.0 Å². The second-order valence-electron chi connectivity index (χ2n) is 3.31. The maximum atomic E-state index is 11.9. The lowest BCUT2D eigenvalue weighted by Gasteiger charge is -2.14. The number of rotatable bonds is 3. The van der Waals surface area contributed by atoms with Crippen LogP contribution in [0.25, 0.3) is 0 Å². The molecule has 5 nitrogen and oxygen atoms in total. The Balaban J connectivity index is 2.08. The highest BCUT2D eigenvalue weighted by Crippen LogP contribution is 2.18. The van der Waals surface area contributed by atoms with Crippen molar-refractivity contribution in [2.45, 2.75) is 6.54 Å². The van der Waals surface area contributed by atoms with Crippen LogP contribution in [-0.4, -0.2) is 27.8 Å². The zero-order chi connectivity index (χ0) is 11.5. The molecule has 0 spiro atoms. The second kappa shape index (κ2) is 4.40. The number of amides is 1. The van der Waals surface area contributed by atoms with Crippen molar-refractivity contribution in [1.29, 1.82) is 0 Å². The molecule has 0 saturated heterocycles. The molecule has 0 aliphatic rings. The summed E-state index contributed by atoms with van der Waals surface area (Å²) >= 11 is 5.72. The van der Waals surface area contributed by atoms with E-state index in [9.17, 15) is 4.79 Å². The lowest BCUT2D eigenvalue weighted by molar-refractivity contribution is 0.0781. The van der Waals surface area contributed by atoms with Gasteiger partial charge in [0.15, 0.2) is 0 Å². The van der Waals surface area contributed by atoms with E-state index in [2.05, 4.69) is 9.97 Å². The second-order valence-corrected chi connectivity index (χ2v) is 3.65. The molecule has 0 aromatic carbocycles. The Hall–Kier alpha value is -1.75. The number of imidazole rings is 1. The van der Waals surface area contributed by atoms with E-state index in [1.807, 2.05) is 0 Å². The highest BCUT2D eigenvalue weighted by Gasteiger charge is 2.17. The number of aromatic amines is 1. The molecule has 2 heterocycles. The summed E-state index contributed by atoms with van der Waals surface area (Å²) in [5.74, 6) is 0.519. The smallest absolute Gasteiger partial charge is 0.258 e. The molecule has 2 aromatic rings. The Kier molecular flexibility index (Phi) is 2.96. The Morgan fingerprint density at radius 2 is 2.50 bits per heavy atom. The third-order valence-corrected chi connectivity index (χ3v) is 2.43. The van der Waals surface area contributed by atoms with Crippen molar-refractivity contribution in [2.24, 2.45) is 0 Å². The number of H-pyrrole nitrogens is 1. The van der Waals surface area contributed by atoms with Crippen molar-refractivity contribution in [2.75, 3.05) is 7.05 Å². The van der Waals surface area contributed by atoms with E-state index >= 15 is 0 Å². The van der Waals surface area contributed by atoms with Crippen LogP contribution in [0.3, 0.4) is 0 Å². The number of hydrogen-bond donors (Lipinski definition) is 1. The minimum atomic E-state index is -0.199. The van der Waals surface area contributed by atoms with Crippen molar-refractivity contribution in [3.05, 3.63) is 41.3 Å². The number of carbonyl (C=O) groups is 1. The van der Waals surface area contributed by atoms with Crippen LogP contribution in [0.2, 0.25) is 5.22 Å². The molecular weight excluding hydrogens is 230 g/mol. The number of carbonyl (C=O) groups excluding carboxylic acids is 1. The minimum absolute atomic E-state index is 0.108. The summed E-state index contributed by atoms with van der Waals surface area (Å²) in [5, 5.41) is 0.108. The molecule has 1 N–H and O–H groups in total. The Morgan fingerprint density at radius 1 is 1.69 bits per heavy atom. The number of aromatic nitrogens is 2. The van der Waals surface area contributed by atoms with Gasteiger partial charge in [-0.1, -0.05) is 0 Å². The van der Waals surface area contributed by atoms with E-state index in [1.165, 1.54) is 11.2 Å². The van der Waals surface area contributed by atoms with Gasteiger partial charge in [0.25, 0.3) is 5.91 Å². The van der Waals surface area contributed by atoms with Crippen molar-refractivity contribution in [3.8, 4) is 0 Å². The topological polar surface area (TPSA) is 62.1 Å². The largest absolute Gasteiger partial charge is 0.452 e. The summed E-state index contributed by atoms with van der Waals surface area (Å²) in [5.41, 5.74) is 0.357. The van der Waals surface area contributed by atoms with Gasteiger partial charge in [-0.3, -0.25) is 4.79 Å². The van der Waals surface area contributed by atoms with Crippen LogP contribution in [-0.2, 0) is 6.54 Å². The first kappa shape index (κ1) is 10.8. The van der Waals surface area contributed by atoms with Crippen molar-refractivity contribution in [3.63, 3.8) is 0 Å². The summed E-state index contributed by atoms with van der Waals surface area (Å²) in [6, 6.07) is 1.54. The normalized spacial score (nSPS) is 10.4. The van der Waals surface area contributed by atoms with Gasteiger partial charge in [0.2, 0.25) is 5.22 Å². The van der Waals surface area contributed by atoms with E-state index in [0.717, 1.165) is 5.82 Å². The maximum Gasteiger partial charge on any atom is 0.258 e. The van der Waals surface area contributed by atoms with Crippen molar-refractivity contribution < 1.29 is 9.21 Å². The first-order valence-electron chi connectivity index (χ1n) is 4.65. The lowest BCUT2D eigenvalue weighted by Crippen LogP contribution is -2.26. The van der Waals surface area contributed by atoms with E-state index in [4.69, 9.17) is 16.0 Å². The molecule has 0 radical (unpaired) electrons. The van der Waals surface area contributed by atoms with Gasteiger partial charge in [-0.2, -0.15) is 0 Å². The SMILES string of the molecule is CN(Cc1ncc[nH]1)C(=O)c1ccoc1Cl. The quantitative estimate of drug-likeness (QED) is 0.890. The molecule has 0 saturated carbocycles. The van der Waals surface area contributed by atoms with Crippen LogP contribution >= 0.6 is 11.6 Å². The molecule has 0 fully saturated rings. The van der Waals surface area contributed by atoms with Crippen LogP contribution < -0.4 is 0 Å². The summed E-state index contributed by atoms with van der Waals surface area (Å²) < 4.78 is 4.87. The molecule has 84 valence electrons. The molecule has 1 amide bonds. The highest BCUT2D eigenvalue weighted by molar-refractivity contribution is 6.32. The fraction of sp³-hybridized carbons (Fsp3) is 0.200. The Bertz CT molecular complexity index is 478. The van der Waals surface area contributed by atoms with E-state index in [-0.39, 0.29) is 11.1 Å². The molecule has 0 aliphatic heterocycles. The monoisotopic (exact) mass is 239 g/mol. The molecule has 0 bridgehead atoms. The number of nitrogens with one attached hydrogen (secondary N) is 1. The van der Waals surface area contributed by atoms with Gasteiger partial charge < -0.3 is 14.3 Å². The van der Waals surface area contributed by atoms with Gasteiger partial charge >= 0.3 is 0 Å². The Morgan fingerprint density at radius 3 is 3.06 bits per heavy atom. The maximum absolute atomic E-state index is 11.9. The zero-order valence-corrected chi connectivity index (χ0v) is 9.36. The molecule has 2 aromatic heterocycles. The van der Waals surface area contributed by atoms with E-state index in [1.54, 1.807) is 25.5 Å². The standard InChI is InChI=1S/C10H10ClN3O2/c1-14(6-8-12-3-4-13-8)10(15)7-2-5-16-9(7)11/h2-5H,6H2,1H3,(H,12,13). The number of hydrogen-bond acceptors (Lipinski definition) is 3. The molecular formula is C10H10ClN3O2. The molecule has 6 heteroatoms. The van der Waals surface area contributed by atoms with Gasteiger partial charge in [0.1, 0.15) is 5.82 Å². The van der Waals surface area contributed by atoms with Crippen LogP contribution in [0.4, 0.5) is 0 Å². The van der Waals surface area contributed by atoms with Gasteiger partial charge in [-0.05, 0) is 17.7 Å². The zero-order valence-electron chi connectivity index (χ0n) is 8.61.